The van der Waals surface area contributed by atoms with Crippen LogP contribution in [0.3, 0.4) is 0 Å². The van der Waals surface area contributed by atoms with E-state index in [1.165, 1.54) is 16.8 Å². The molecule has 0 aromatic rings. The van der Waals surface area contributed by atoms with Crippen molar-refractivity contribution in [2.45, 2.75) is 20.3 Å². The molecule has 1 fully saturated rings. The summed E-state index contributed by atoms with van der Waals surface area (Å²) in [6.07, 6.45) is 9.48. The first-order valence-corrected chi connectivity index (χ1v) is 7.01. The molecule has 94 valence electrons. The van der Waals surface area contributed by atoms with Crippen molar-refractivity contribution >= 4 is 11.9 Å². The van der Waals surface area contributed by atoms with E-state index in [0.29, 0.717) is 5.92 Å². The summed E-state index contributed by atoms with van der Waals surface area (Å²) in [5.41, 5.74) is 3.86. The van der Waals surface area contributed by atoms with Gasteiger partial charge in [0.1, 0.15) is 0 Å². The molecule has 1 unspecified atom stereocenters. The van der Waals surface area contributed by atoms with Crippen molar-refractivity contribution in [2.24, 2.45) is 5.92 Å². The molecule has 0 aromatic carbocycles. The molecule has 1 atom stereocenters. The highest BCUT2D eigenvalue weighted by Crippen LogP contribution is 2.33. The van der Waals surface area contributed by atoms with Crippen LogP contribution in [0.1, 0.15) is 20.3 Å². The van der Waals surface area contributed by atoms with Crippen molar-refractivity contribution in [3.63, 3.8) is 0 Å². The van der Waals surface area contributed by atoms with Gasteiger partial charge >= 0.3 is 0 Å². The average Bonchev–Trinajstić information content (AvgIpc) is 2.36. The Labute approximate surface area is 109 Å². The molecule has 1 aliphatic rings. The molecule has 0 bridgehead atoms. The van der Waals surface area contributed by atoms with Crippen LogP contribution in [0, 0.1) is 5.92 Å². The molecule has 0 spiro atoms. The molecular weight excluding hydrogens is 228 g/mol. The molecule has 0 radical (unpaired) electrons. The zero-order valence-electron chi connectivity index (χ0n) is 10.9. The van der Waals surface area contributed by atoms with Crippen LogP contribution in [0.4, 0.5) is 0 Å². The van der Waals surface area contributed by atoms with Gasteiger partial charge in [-0.1, -0.05) is 43.7 Å². The van der Waals surface area contributed by atoms with Gasteiger partial charge in [-0.15, -0.1) is 0 Å². The van der Waals surface area contributed by atoms with Crippen LogP contribution in [0.25, 0.3) is 0 Å². The quantitative estimate of drug-likeness (QED) is 0.591. The van der Waals surface area contributed by atoms with E-state index in [0.717, 1.165) is 12.2 Å². The molecular formula is C14H22N2S. The molecule has 2 nitrogen and oxygen atoms in total. The number of hydrogen-bond acceptors (Lipinski definition) is 3. The first-order chi connectivity index (χ1) is 8.28. The zero-order chi connectivity index (χ0) is 12.7. The van der Waals surface area contributed by atoms with E-state index < -0.39 is 0 Å². The van der Waals surface area contributed by atoms with Gasteiger partial charge in [0.25, 0.3) is 0 Å². The van der Waals surface area contributed by atoms with Gasteiger partial charge in [0.15, 0.2) is 0 Å². The molecule has 0 amide bonds. The predicted molar refractivity (Wildman–Crippen MR) is 78.6 cm³/mol. The number of hydrogen-bond donors (Lipinski definition) is 2. The Bertz CT molecular complexity index is 353. The minimum absolute atomic E-state index is 0.425. The second kappa shape index (κ2) is 7.28. The minimum atomic E-state index is 0.425. The first kappa shape index (κ1) is 14.0. The smallest absolute Gasteiger partial charge is 0.0435 e. The van der Waals surface area contributed by atoms with Crippen molar-refractivity contribution in [3.8, 4) is 0 Å². The summed E-state index contributed by atoms with van der Waals surface area (Å²) in [7, 11) is 1.93. The zero-order valence-corrected chi connectivity index (χ0v) is 11.7. The van der Waals surface area contributed by atoms with Gasteiger partial charge in [0, 0.05) is 30.6 Å². The normalized spacial score (nSPS) is 25.8. The summed E-state index contributed by atoms with van der Waals surface area (Å²) >= 11 is 1.76. The van der Waals surface area contributed by atoms with Crippen LogP contribution in [-0.2, 0) is 0 Å². The third-order valence-corrected chi connectivity index (χ3v) is 3.65. The summed E-state index contributed by atoms with van der Waals surface area (Å²) < 4.78 is 3.40. The highest BCUT2D eigenvalue weighted by molar-refractivity contribution is 7.97. The topological polar surface area (TPSA) is 24.1 Å². The van der Waals surface area contributed by atoms with E-state index in [1.807, 2.05) is 19.3 Å². The van der Waals surface area contributed by atoms with E-state index >= 15 is 0 Å². The van der Waals surface area contributed by atoms with E-state index in [2.05, 4.69) is 42.6 Å². The fourth-order valence-electron chi connectivity index (χ4n) is 2.00. The van der Waals surface area contributed by atoms with E-state index in [4.69, 9.17) is 0 Å². The lowest BCUT2D eigenvalue weighted by Crippen LogP contribution is -2.25. The Balaban J connectivity index is 3.02. The van der Waals surface area contributed by atoms with Crippen LogP contribution >= 0.6 is 11.9 Å². The van der Waals surface area contributed by atoms with Gasteiger partial charge in [-0.3, -0.25) is 0 Å². The van der Waals surface area contributed by atoms with Gasteiger partial charge in [0.05, 0.1) is 0 Å². The monoisotopic (exact) mass is 250 g/mol. The minimum Gasteiger partial charge on any atom is -0.394 e. The second-order valence-corrected chi connectivity index (χ2v) is 4.70. The Hall–Kier alpha value is -1.09. The highest BCUT2D eigenvalue weighted by Gasteiger charge is 2.24. The standard InChI is InChI=1S/C14H22N2S/c1-5-8-14-12(7-3)13(10-17-16-14)11(6-2)9-15-4/h6-9,13,15-16H,2,5,10H2,1,3-4H3/b11-9+,12-7-,14-8+. The molecule has 1 heterocycles. The maximum absolute atomic E-state index is 3.91. The van der Waals surface area contributed by atoms with Crippen LogP contribution in [-0.4, -0.2) is 12.8 Å². The predicted octanol–water partition coefficient (Wildman–Crippen LogP) is 3.38. The van der Waals surface area contributed by atoms with Crippen LogP contribution in [0.15, 0.2) is 47.9 Å². The fourth-order valence-corrected chi connectivity index (χ4v) is 2.98. The molecule has 3 heteroatoms. The fraction of sp³-hybridized carbons (Fsp3) is 0.429. The van der Waals surface area contributed by atoms with Crippen molar-refractivity contribution in [1.29, 1.82) is 0 Å². The largest absolute Gasteiger partial charge is 0.394 e. The molecule has 0 saturated carbocycles. The van der Waals surface area contributed by atoms with E-state index in [9.17, 15) is 0 Å². The Kier molecular flexibility index (Phi) is 5.98. The van der Waals surface area contributed by atoms with Gasteiger partial charge in [-0.05, 0) is 24.5 Å². The maximum Gasteiger partial charge on any atom is 0.0435 e. The number of allylic oxidation sites excluding steroid dienone is 5. The van der Waals surface area contributed by atoms with Crippen LogP contribution in [0.2, 0.25) is 0 Å². The molecule has 2 N–H and O–H groups in total. The third kappa shape index (κ3) is 3.43. The molecule has 0 aromatic heterocycles. The van der Waals surface area contributed by atoms with Crippen molar-refractivity contribution < 1.29 is 0 Å². The maximum atomic E-state index is 3.91. The summed E-state index contributed by atoms with van der Waals surface area (Å²) in [5.74, 6) is 1.47. The second-order valence-electron chi connectivity index (χ2n) is 3.87. The third-order valence-electron chi connectivity index (χ3n) is 2.79. The van der Waals surface area contributed by atoms with Gasteiger partial charge in [-0.25, -0.2) is 0 Å². The molecule has 1 saturated heterocycles. The molecule has 17 heavy (non-hydrogen) atoms. The number of rotatable bonds is 4. The highest BCUT2D eigenvalue weighted by atomic mass is 32.2. The lowest BCUT2D eigenvalue weighted by atomic mass is 9.90. The van der Waals surface area contributed by atoms with Gasteiger partial charge < -0.3 is 10.0 Å². The summed E-state index contributed by atoms with van der Waals surface area (Å²) in [5, 5.41) is 3.10. The van der Waals surface area contributed by atoms with E-state index in [-0.39, 0.29) is 0 Å². The van der Waals surface area contributed by atoms with Gasteiger partial charge in [0.2, 0.25) is 0 Å². The molecule has 1 aliphatic heterocycles. The molecule has 1 rings (SSSR count). The van der Waals surface area contributed by atoms with Gasteiger partial charge in [-0.2, -0.15) is 0 Å². The van der Waals surface area contributed by atoms with Crippen molar-refractivity contribution in [2.75, 3.05) is 12.8 Å². The van der Waals surface area contributed by atoms with Crippen molar-refractivity contribution in [1.82, 2.24) is 10.0 Å². The van der Waals surface area contributed by atoms with Crippen LogP contribution in [0.5, 0.6) is 0 Å². The lowest BCUT2D eigenvalue weighted by Gasteiger charge is -2.29. The Morgan fingerprint density at radius 2 is 2.41 bits per heavy atom. The SMILES string of the molecule is C=C/C(=C\NC)C1CSNC(=C/CC)/C1=C\C. The average molecular weight is 250 g/mol. The summed E-state index contributed by atoms with van der Waals surface area (Å²) in [6, 6.07) is 0. The van der Waals surface area contributed by atoms with E-state index in [1.54, 1.807) is 11.9 Å². The first-order valence-electron chi connectivity index (χ1n) is 6.02. The molecule has 0 aliphatic carbocycles. The number of nitrogens with one attached hydrogen (secondary N) is 2. The Morgan fingerprint density at radius 3 is 2.94 bits per heavy atom. The lowest BCUT2D eigenvalue weighted by molar-refractivity contribution is 0.795. The van der Waals surface area contributed by atoms with Crippen molar-refractivity contribution in [3.05, 3.63) is 47.9 Å². The Morgan fingerprint density at radius 1 is 1.65 bits per heavy atom. The summed E-state index contributed by atoms with van der Waals surface area (Å²) in [4.78, 5) is 0. The summed E-state index contributed by atoms with van der Waals surface area (Å²) in [6.45, 7) is 8.17. The van der Waals surface area contributed by atoms with Crippen LogP contribution < -0.4 is 10.0 Å².